The second-order valence-corrected chi connectivity index (χ2v) is 9.91. The molecule has 0 radical (unpaired) electrons. The lowest BCUT2D eigenvalue weighted by Crippen LogP contribution is -2.32. The highest BCUT2D eigenvalue weighted by molar-refractivity contribution is 6.30. The van der Waals surface area contributed by atoms with Crippen LogP contribution in [0.25, 0.3) is 11.1 Å². The van der Waals surface area contributed by atoms with E-state index in [1.54, 1.807) is 42.5 Å². The van der Waals surface area contributed by atoms with Gasteiger partial charge in [-0.1, -0.05) is 66.2 Å². The predicted octanol–water partition coefficient (Wildman–Crippen LogP) is 8.05. The largest absolute Gasteiger partial charge is 0.573 e. The van der Waals surface area contributed by atoms with E-state index in [4.69, 9.17) is 11.6 Å². The fourth-order valence-corrected chi connectivity index (χ4v) is 5.02. The molecule has 1 aliphatic heterocycles. The van der Waals surface area contributed by atoms with E-state index >= 15 is 0 Å². The Kier molecular flexibility index (Phi) is 8.08. The van der Waals surface area contributed by atoms with E-state index in [1.165, 1.54) is 30.3 Å². The zero-order chi connectivity index (χ0) is 29.1. The van der Waals surface area contributed by atoms with Crippen LogP contribution >= 0.6 is 11.6 Å². The molecule has 1 heterocycles. The van der Waals surface area contributed by atoms with E-state index in [0.717, 1.165) is 17.7 Å². The summed E-state index contributed by atoms with van der Waals surface area (Å²) >= 11 is 6.04. The van der Waals surface area contributed by atoms with Crippen molar-refractivity contribution in [2.24, 2.45) is 10.9 Å². The maximum absolute atomic E-state index is 14.6. The first kappa shape index (κ1) is 28.3. The predicted molar refractivity (Wildman–Crippen MR) is 146 cm³/mol. The van der Waals surface area contributed by atoms with Crippen molar-refractivity contribution in [2.75, 3.05) is 0 Å². The van der Waals surface area contributed by atoms with E-state index in [0.29, 0.717) is 21.7 Å². The minimum atomic E-state index is -4.79. The van der Waals surface area contributed by atoms with Gasteiger partial charge in [0, 0.05) is 23.7 Å². The third-order valence-corrected chi connectivity index (χ3v) is 6.94. The van der Waals surface area contributed by atoms with Crippen LogP contribution in [0.4, 0.5) is 22.0 Å². The minimum absolute atomic E-state index is 0.0202. The van der Waals surface area contributed by atoms with Crippen LogP contribution in [0.15, 0.2) is 96.0 Å². The second kappa shape index (κ2) is 11.7. The zero-order valence-electron chi connectivity index (χ0n) is 21.3. The lowest BCUT2D eigenvalue weighted by molar-refractivity contribution is -0.274. The van der Waals surface area contributed by atoms with Crippen LogP contribution < -0.4 is 10.1 Å². The van der Waals surface area contributed by atoms with Crippen molar-refractivity contribution in [3.63, 3.8) is 0 Å². The highest BCUT2D eigenvalue weighted by atomic mass is 35.5. The molecule has 2 atom stereocenters. The fraction of sp³-hybridized carbons (Fsp3) is 0.161. The summed E-state index contributed by atoms with van der Waals surface area (Å²) in [4.78, 5) is 18.0. The molecule has 4 nitrogen and oxygen atoms in total. The molecular weight excluding hydrogens is 563 g/mol. The summed E-state index contributed by atoms with van der Waals surface area (Å²) in [6.07, 6.45) is -4.77. The lowest BCUT2D eigenvalue weighted by atomic mass is 9.89. The number of halogens is 6. The first-order valence-corrected chi connectivity index (χ1v) is 12.9. The van der Waals surface area contributed by atoms with Gasteiger partial charge in [-0.15, -0.1) is 13.2 Å². The summed E-state index contributed by atoms with van der Waals surface area (Å²) in [6, 6.07) is 22.2. The molecule has 5 rings (SSSR count). The Morgan fingerprint density at radius 2 is 1.51 bits per heavy atom. The summed E-state index contributed by atoms with van der Waals surface area (Å²) in [6.45, 7) is 0.207. The highest BCUT2D eigenvalue weighted by Crippen LogP contribution is 2.38. The Morgan fingerprint density at radius 1 is 0.902 bits per heavy atom. The van der Waals surface area contributed by atoms with Crippen LogP contribution in [-0.4, -0.2) is 18.0 Å². The number of amides is 1. The molecule has 0 aromatic heterocycles. The van der Waals surface area contributed by atoms with Gasteiger partial charge in [-0.3, -0.25) is 9.79 Å². The molecule has 4 aromatic carbocycles. The molecular formula is C31H22ClF5N2O2. The molecule has 4 aromatic rings. The van der Waals surface area contributed by atoms with Gasteiger partial charge < -0.3 is 10.1 Å². The molecule has 1 aliphatic rings. The number of ether oxygens (including phenoxy) is 1. The molecule has 0 saturated heterocycles. The molecule has 41 heavy (non-hydrogen) atoms. The standard InChI is InChI=1S/C31H22ClF5N2O2/c32-22-4-1-3-18(15-22)17-38-30(40)24-16-27(28-25(33)5-2-6-26(28)34)39-29(24)21-9-7-19(8-10-21)20-11-13-23(14-12-20)41-31(35,36)37/h1-15,24,29H,16-17H2,(H,38,40)/t24-,29?/m0/s1. The number of carbonyl (C=O) groups excluding carboxylic acids is 1. The monoisotopic (exact) mass is 584 g/mol. The number of nitrogens with zero attached hydrogens (tertiary/aromatic N) is 1. The second-order valence-electron chi connectivity index (χ2n) is 9.47. The first-order chi connectivity index (χ1) is 19.6. The minimum Gasteiger partial charge on any atom is -0.406 e. The quantitative estimate of drug-likeness (QED) is 0.223. The molecule has 1 unspecified atom stereocenters. The molecule has 10 heteroatoms. The van der Waals surface area contributed by atoms with Crippen molar-refractivity contribution in [1.29, 1.82) is 0 Å². The number of rotatable bonds is 7. The average Bonchev–Trinajstić information content (AvgIpc) is 3.36. The van der Waals surface area contributed by atoms with E-state index < -0.39 is 30.0 Å². The lowest BCUT2D eigenvalue weighted by Gasteiger charge is -2.19. The maximum Gasteiger partial charge on any atom is 0.573 e. The molecule has 210 valence electrons. The molecule has 0 bridgehead atoms. The van der Waals surface area contributed by atoms with E-state index in [1.807, 2.05) is 6.07 Å². The molecule has 0 saturated carbocycles. The summed E-state index contributed by atoms with van der Waals surface area (Å²) in [5, 5.41) is 3.40. The Bertz CT molecular complexity index is 1570. The van der Waals surface area contributed by atoms with Gasteiger partial charge in [-0.05, 0) is 58.7 Å². The number of alkyl halides is 3. The third kappa shape index (κ3) is 6.74. The molecule has 0 aliphatic carbocycles. The average molecular weight is 585 g/mol. The van der Waals surface area contributed by atoms with E-state index in [9.17, 15) is 26.7 Å². The normalized spacial score (nSPS) is 16.8. The van der Waals surface area contributed by atoms with Gasteiger partial charge in [0.2, 0.25) is 5.91 Å². The van der Waals surface area contributed by atoms with Gasteiger partial charge in [0.05, 0.1) is 17.5 Å². The third-order valence-electron chi connectivity index (χ3n) is 6.71. The first-order valence-electron chi connectivity index (χ1n) is 12.6. The highest BCUT2D eigenvalue weighted by Gasteiger charge is 2.37. The number of carbonyl (C=O) groups is 1. The number of hydrogen-bond donors (Lipinski definition) is 1. The SMILES string of the molecule is O=C(NCc1cccc(Cl)c1)[C@H]1CC(c2c(F)cccc2F)=NC1c1ccc(-c2ccc(OC(F)(F)F)cc2)cc1. The molecule has 0 spiro atoms. The van der Waals surface area contributed by atoms with Crippen LogP contribution in [-0.2, 0) is 11.3 Å². The summed E-state index contributed by atoms with van der Waals surface area (Å²) < 4.78 is 70.6. The van der Waals surface area contributed by atoms with E-state index in [-0.39, 0.29) is 35.9 Å². The zero-order valence-corrected chi connectivity index (χ0v) is 22.0. The molecule has 1 N–H and O–H groups in total. The number of nitrogens with one attached hydrogen (secondary N) is 1. The number of hydrogen-bond acceptors (Lipinski definition) is 3. The summed E-state index contributed by atoms with van der Waals surface area (Å²) in [7, 11) is 0. The maximum atomic E-state index is 14.6. The van der Waals surface area contributed by atoms with Gasteiger partial charge in [-0.25, -0.2) is 8.78 Å². The molecule has 1 amide bonds. The summed E-state index contributed by atoms with van der Waals surface area (Å²) in [5.41, 5.74) is 2.67. The van der Waals surface area contributed by atoms with Crippen LogP contribution in [0.5, 0.6) is 5.75 Å². The van der Waals surface area contributed by atoms with Gasteiger partial charge in [-0.2, -0.15) is 0 Å². The Morgan fingerprint density at radius 3 is 2.12 bits per heavy atom. The van der Waals surface area contributed by atoms with Crippen molar-refractivity contribution in [3.05, 3.63) is 124 Å². The van der Waals surface area contributed by atoms with Crippen molar-refractivity contribution in [2.45, 2.75) is 25.4 Å². The Hall–Kier alpha value is -4.24. The smallest absolute Gasteiger partial charge is 0.406 e. The summed E-state index contributed by atoms with van der Waals surface area (Å²) in [5.74, 6) is -2.95. The van der Waals surface area contributed by atoms with Gasteiger partial charge in [0.25, 0.3) is 0 Å². The van der Waals surface area contributed by atoms with Crippen LogP contribution in [0, 0.1) is 17.6 Å². The van der Waals surface area contributed by atoms with Crippen molar-refractivity contribution >= 4 is 23.2 Å². The molecule has 0 fully saturated rings. The van der Waals surface area contributed by atoms with Crippen LogP contribution in [0.3, 0.4) is 0 Å². The van der Waals surface area contributed by atoms with Gasteiger partial charge >= 0.3 is 6.36 Å². The topological polar surface area (TPSA) is 50.7 Å². The number of aliphatic imine (C=N–C) groups is 1. The van der Waals surface area contributed by atoms with Crippen LogP contribution in [0.2, 0.25) is 5.02 Å². The van der Waals surface area contributed by atoms with E-state index in [2.05, 4.69) is 15.0 Å². The van der Waals surface area contributed by atoms with Crippen LogP contribution in [0.1, 0.15) is 29.2 Å². The van der Waals surface area contributed by atoms with Crippen molar-refractivity contribution in [3.8, 4) is 16.9 Å². The Labute approximate surface area is 237 Å². The Balaban J connectivity index is 1.40. The fourth-order valence-electron chi connectivity index (χ4n) is 4.80. The van der Waals surface area contributed by atoms with Gasteiger partial charge in [0.15, 0.2) is 0 Å². The van der Waals surface area contributed by atoms with Crippen molar-refractivity contribution in [1.82, 2.24) is 5.32 Å². The van der Waals surface area contributed by atoms with Gasteiger partial charge in [0.1, 0.15) is 17.4 Å². The number of benzene rings is 4. The van der Waals surface area contributed by atoms with Crippen molar-refractivity contribution < 1.29 is 31.5 Å².